The summed E-state index contributed by atoms with van der Waals surface area (Å²) in [6.07, 6.45) is 1.62. The zero-order chi connectivity index (χ0) is 11.7. The molecule has 1 aliphatic rings. The van der Waals surface area contributed by atoms with Crippen LogP contribution in [0.1, 0.15) is 0 Å². The van der Waals surface area contributed by atoms with E-state index in [-0.39, 0.29) is 0 Å². The Kier molecular flexibility index (Phi) is 2.92. The van der Waals surface area contributed by atoms with Gasteiger partial charge in [-0.2, -0.15) is 0 Å². The van der Waals surface area contributed by atoms with Gasteiger partial charge in [-0.1, -0.05) is 0 Å². The molecule has 0 saturated carbocycles. The topological polar surface area (TPSA) is 44.3 Å². The lowest BCUT2D eigenvalue weighted by Crippen LogP contribution is -2.47. The Balaban J connectivity index is 1.78. The van der Waals surface area contributed by atoms with Crippen molar-refractivity contribution in [2.24, 2.45) is 0 Å². The average Bonchev–Trinajstić information content (AvgIpc) is 2.81. The maximum atomic E-state index is 4.32. The molecule has 3 rings (SSSR count). The molecule has 0 bridgehead atoms. The van der Waals surface area contributed by atoms with Gasteiger partial charge in [-0.3, -0.25) is 0 Å². The second-order valence-corrected chi connectivity index (χ2v) is 5.16. The molecular weight excluding hydrogens is 234 g/mol. The fourth-order valence-corrected chi connectivity index (χ4v) is 2.68. The van der Waals surface area contributed by atoms with Crippen LogP contribution in [0.2, 0.25) is 0 Å². The first-order valence-electron chi connectivity index (χ1n) is 5.71. The van der Waals surface area contributed by atoms with E-state index in [1.807, 2.05) is 0 Å². The molecule has 2 aromatic rings. The van der Waals surface area contributed by atoms with Gasteiger partial charge in [0.2, 0.25) is 0 Å². The third-order valence-electron chi connectivity index (χ3n) is 3.03. The van der Waals surface area contributed by atoms with E-state index >= 15 is 0 Å². The van der Waals surface area contributed by atoms with Crippen molar-refractivity contribution in [3.63, 3.8) is 0 Å². The first kappa shape index (κ1) is 10.9. The van der Waals surface area contributed by atoms with Gasteiger partial charge in [0.15, 0.2) is 5.82 Å². The quantitative estimate of drug-likeness (QED) is 0.868. The van der Waals surface area contributed by atoms with Gasteiger partial charge in [0.05, 0.1) is 5.39 Å². The van der Waals surface area contributed by atoms with Crippen LogP contribution >= 0.6 is 11.3 Å². The van der Waals surface area contributed by atoms with Crippen LogP contribution in [0.3, 0.4) is 0 Å². The minimum absolute atomic E-state index is 0.917. The second kappa shape index (κ2) is 4.56. The van der Waals surface area contributed by atoms with Gasteiger partial charge < -0.3 is 10.3 Å². The molecule has 0 unspecified atom stereocenters. The highest BCUT2D eigenvalue weighted by molar-refractivity contribution is 7.16. The number of likely N-dealkylation sites (N-methyl/N-ethyl adjacent to an activating group) is 1. The van der Waals surface area contributed by atoms with Crippen LogP contribution in [0, 0.1) is 0 Å². The molecule has 0 amide bonds. The van der Waals surface area contributed by atoms with Gasteiger partial charge in [0.25, 0.3) is 0 Å². The molecule has 0 aromatic carbocycles. The predicted octanol–water partition coefficient (Wildman–Crippen LogP) is 1.27. The smallest absolute Gasteiger partial charge is 0.152 e. The molecule has 2 aromatic heterocycles. The minimum Gasteiger partial charge on any atom is -0.304 e. The molecule has 0 aliphatic carbocycles. The Bertz CT molecular complexity index is 503. The van der Waals surface area contributed by atoms with Crippen molar-refractivity contribution in [2.45, 2.75) is 0 Å². The summed E-state index contributed by atoms with van der Waals surface area (Å²) in [7, 11) is 2.15. The monoisotopic (exact) mass is 249 g/mol. The van der Waals surface area contributed by atoms with Crippen LogP contribution in [0.5, 0.6) is 0 Å². The summed E-state index contributed by atoms with van der Waals surface area (Å²) in [4.78, 5) is 11.9. The maximum Gasteiger partial charge on any atom is 0.152 e. The number of hydrogen-bond acceptors (Lipinski definition) is 6. The van der Waals surface area contributed by atoms with E-state index in [4.69, 9.17) is 0 Å². The van der Waals surface area contributed by atoms with Crippen molar-refractivity contribution in [1.29, 1.82) is 0 Å². The van der Waals surface area contributed by atoms with Crippen LogP contribution in [-0.2, 0) is 0 Å². The number of nitrogens with zero attached hydrogens (tertiary/aromatic N) is 4. The van der Waals surface area contributed by atoms with Gasteiger partial charge >= 0.3 is 0 Å². The number of rotatable bonds is 2. The van der Waals surface area contributed by atoms with Crippen molar-refractivity contribution >= 4 is 27.4 Å². The van der Waals surface area contributed by atoms with E-state index in [1.54, 1.807) is 17.7 Å². The second-order valence-electron chi connectivity index (χ2n) is 4.26. The van der Waals surface area contributed by atoms with Crippen molar-refractivity contribution < 1.29 is 0 Å². The van der Waals surface area contributed by atoms with Gasteiger partial charge in [-0.05, 0) is 18.5 Å². The Labute approximate surface area is 104 Å². The van der Waals surface area contributed by atoms with Crippen LogP contribution in [0.4, 0.5) is 5.82 Å². The maximum absolute atomic E-state index is 4.32. The summed E-state index contributed by atoms with van der Waals surface area (Å²) >= 11 is 1.65. The molecule has 0 atom stereocenters. The number of hydrogen-bond donors (Lipinski definition) is 1. The highest BCUT2D eigenvalue weighted by atomic mass is 32.1. The number of fused-ring (bicyclic) bond motifs is 1. The number of aromatic nitrogens is 2. The lowest BCUT2D eigenvalue weighted by Gasteiger charge is -2.32. The Morgan fingerprint density at radius 1 is 1.24 bits per heavy atom. The van der Waals surface area contributed by atoms with Crippen molar-refractivity contribution in [3.05, 3.63) is 17.8 Å². The summed E-state index contributed by atoms with van der Waals surface area (Å²) in [5, 5.41) is 5.38. The van der Waals surface area contributed by atoms with E-state index in [2.05, 4.69) is 43.8 Å². The molecule has 1 saturated heterocycles. The van der Waals surface area contributed by atoms with Gasteiger partial charge in [-0.15, -0.1) is 11.3 Å². The Hall–Kier alpha value is -1.24. The Morgan fingerprint density at radius 3 is 2.88 bits per heavy atom. The first-order chi connectivity index (χ1) is 8.33. The minimum atomic E-state index is 0.917. The molecule has 5 nitrogen and oxygen atoms in total. The number of anilines is 1. The van der Waals surface area contributed by atoms with Gasteiger partial charge in [0, 0.05) is 26.2 Å². The predicted molar refractivity (Wildman–Crippen MR) is 70.1 cm³/mol. The number of piperazine rings is 1. The molecule has 6 heteroatoms. The van der Waals surface area contributed by atoms with Crippen molar-refractivity contribution in [2.75, 3.05) is 38.7 Å². The Morgan fingerprint density at radius 2 is 2.06 bits per heavy atom. The van der Waals surface area contributed by atoms with Crippen molar-refractivity contribution in [1.82, 2.24) is 19.9 Å². The van der Waals surface area contributed by atoms with Crippen LogP contribution in [0.25, 0.3) is 10.2 Å². The standard InChI is InChI=1S/C11H15N5S/c1-15-3-5-16(6-4-15)14-10-9-2-7-17-11(9)13-8-12-10/h2,7-8H,3-6H2,1H3,(H,12,13,14). The van der Waals surface area contributed by atoms with E-state index in [9.17, 15) is 0 Å². The highest BCUT2D eigenvalue weighted by Gasteiger charge is 2.15. The summed E-state index contributed by atoms with van der Waals surface area (Å²) < 4.78 is 0. The molecule has 0 spiro atoms. The lowest BCUT2D eigenvalue weighted by molar-refractivity contribution is 0.178. The van der Waals surface area contributed by atoms with E-state index in [0.717, 1.165) is 42.2 Å². The largest absolute Gasteiger partial charge is 0.304 e. The molecule has 0 radical (unpaired) electrons. The van der Waals surface area contributed by atoms with Crippen molar-refractivity contribution in [3.8, 4) is 0 Å². The number of nitrogens with one attached hydrogen (secondary N) is 1. The van der Waals surface area contributed by atoms with Crippen LogP contribution in [0.15, 0.2) is 17.8 Å². The fourth-order valence-electron chi connectivity index (χ4n) is 1.95. The molecule has 1 fully saturated rings. The summed E-state index contributed by atoms with van der Waals surface area (Å²) in [6.45, 7) is 4.22. The van der Waals surface area contributed by atoms with Gasteiger partial charge in [-0.25, -0.2) is 15.0 Å². The van der Waals surface area contributed by atoms with E-state index in [1.165, 1.54) is 0 Å². The van der Waals surface area contributed by atoms with Crippen LogP contribution in [-0.4, -0.2) is 53.1 Å². The molecule has 1 aliphatic heterocycles. The third kappa shape index (κ3) is 2.24. The highest BCUT2D eigenvalue weighted by Crippen LogP contribution is 2.24. The van der Waals surface area contributed by atoms with Gasteiger partial charge in [0.1, 0.15) is 11.2 Å². The number of thiophene rings is 1. The third-order valence-corrected chi connectivity index (χ3v) is 3.85. The SMILES string of the molecule is CN1CCN(Nc2ncnc3sccc23)CC1. The zero-order valence-corrected chi connectivity index (χ0v) is 10.6. The average molecular weight is 249 g/mol. The molecule has 3 heterocycles. The van der Waals surface area contributed by atoms with E-state index < -0.39 is 0 Å². The van der Waals surface area contributed by atoms with Crippen LogP contribution < -0.4 is 5.43 Å². The number of hydrazine groups is 1. The molecule has 90 valence electrons. The summed E-state index contributed by atoms with van der Waals surface area (Å²) in [5.41, 5.74) is 3.39. The zero-order valence-electron chi connectivity index (χ0n) is 9.76. The molecule has 17 heavy (non-hydrogen) atoms. The normalized spacial score (nSPS) is 18.6. The first-order valence-corrected chi connectivity index (χ1v) is 6.59. The molecule has 1 N–H and O–H groups in total. The molecular formula is C11H15N5S. The fraction of sp³-hybridized carbons (Fsp3) is 0.455. The summed E-state index contributed by atoms with van der Waals surface area (Å²) in [5.74, 6) is 0.917. The lowest BCUT2D eigenvalue weighted by atomic mass is 10.3. The van der Waals surface area contributed by atoms with E-state index in [0.29, 0.717) is 0 Å². The summed E-state index contributed by atoms with van der Waals surface area (Å²) in [6, 6.07) is 2.07.